The van der Waals surface area contributed by atoms with Gasteiger partial charge in [-0.05, 0) is 5.56 Å². The maximum Gasteiger partial charge on any atom is 0.254 e. The summed E-state index contributed by atoms with van der Waals surface area (Å²) in [7, 11) is 0. The Morgan fingerprint density at radius 3 is 2.76 bits per heavy atom. The largest absolute Gasteiger partial charge is 0.344 e. The second-order valence-corrected chi connectivity index (χ2v) is 3.89. The van der Waals surface area contributed by atoms with Crippen LogP contribution in [-0.2, 0) is 0 Å². The molecule has 2 rings (SSSR count). The van der Waals surface area contributed by atoms with Crippen LogP contribution < -0.4 is 5.32 Å². The van der Waals surface area contributed by atoms with Crippen LogP contribution in [0, 0.1) is 0 Å². The average Bonchev–Trinajstić information content (AvgIpc) is 2.90. The standard InChI is InChI=1S/C12H12ClN3O/c13-6-11(9-4-2-1-3-5-9)16-12(17)10-7-14-15-8-10/h1-5,7-8,11H,6H2,(H,14,15)(H,16,17). The molecule has 17 heavy (non-hydrogen) atoms. The number of nitrogens with zero attached hydrogens (tertiary/aromatic N) is 1. The minimum Gasteiger partial charge on any atom is -0.344 e. The van der Waals surface area contributed by atoms with Gasteiger partial charge in [-0.25, -0.2) is 0 Å². The molecule has 0 aliphatic carbocycles. The molecule has 1 aromatic heterocycles. The number of alkyl halides is 1. The molecule has 1 amide bonds. The van der Waals surface area contributed by atoms with E-state index in [2.05, 4.69) is 15.5 Å². The molecule has 2 aromatic rings. The van der Waals surface area contributed by atoms with Crippen LogP contribution in [0.25, 0.3) is 0 Å². The summed E-state index contributed by atoms with van der Waals surface area (Å²) >= 11 is 5.87. The van der Waals surface area contributed by atoms with Gasteiger partial charge in [0.05, 0.1) is 17.8 Å². The Morgan fingerprint density at radius 2 is 2.18 bits per heavy atom. The molecule has 1 atom stereocenters. The normalized spacial score (nSPS) is 12.1. The molecule has 1 aromatic carbocycles. The van der Waals surface area contributed by atoms with Gasteiger partial charge in [-0.1, -0.05) is 30.3 Å². The van der Waals surface area contributed by atoms with Crippen LogP contribution in [0.5, 0.6) is 0 Å². The van der Waals surface area contributed by atoms with Gasteiger partial charge in [-0.2, -0.15) is 5.10 Å². The molecule has 1 unspecified atom stereocenters. The lowest BCUT2D eigenvalue weighted by atomic mass is 10.1. The Kier molecular flexibility index (Phi) is 3.77. The number of aromatic amines is 1. The number of halogens is 1. The van der Waals surface area contributed by atoms with Crippen molar-refractivity contribution in [2.45, 2.75) is 6.04 Å². The highest BCUT2D eigenvalue weighted by Crippen LogP contribution is 2.14. The maximum absolute atomic E-state index is 11.8. The molecule has 4 nitrogen and oxygen atoms in total. The minimum absolute atomic E-state index is 0.187. The molecule has 0 aliphatic rings. The molecule has 0 spiro atoms. The first kappa shape index (κ1) is 11.7. The zero-order valence-electron chi connectivity index (χ0n) is 9.06. The first-order valence-electron chi connectivity index (χ1n) is 5.22. The molecule has 0 radical (unpaired) electrons. The van der Waals surface area contributed by atoms with Crippen molar-refractivity contribution in [2.75, 3.05) is 5.88 Å². The smallest absolute Gasteiger partial charge is 0.254 e. The third-order valence-corrected chi connectivity index (χ3v) is 2.73. The third-order valence-electron chi connectivity index (χ3n) is 2.42. The summed E-state index contributed by atoms with van der Waals surface area (Å²) in [6.07, 6.45) is 3.03. The van der Waals surface area contributed by atoms with E-state index in [1.54, 1.807) is 6.20 Å². The topological polar surface area (TPSA) is 57.8 Å². The van der Waals surface area contributed by atoms with E-state index < -0.39 is 0 Å². The van der Waals surface area contributed by atoms with E-state index >= 15 is 0 Å². The van der Waals surface area contributed by atoms with Crippen molar-refractivity contribution in [2.24, 2.45) is 0 Å². The number of carbonyl (C=O) groups excluding carboxylic acids is 1. The number of aromatic nitrogens is 2. The molecule has 1 heterocycles. The molecule has 5 heteroatoms. The number of rotatable bonds is 4. The van der Waals surface area contributed by atoms with Crippen LogP contribution in [0.4, 0.5) is 0 Å². The van der Waals surface area contributed by atoms with Crippen LogP contribution in [0.3, 0.4) is 0 Å². The Balaban J connectivity index is 2.09. The number of benzene rings is 1. The highest BCUT2D eigenvalue weighted by molar-refractivity contribution is 6.18. The molecule has 0 aliphatic heterocycles. The van der Waals surface area contributed by atoms with E-state index in [4.69, 9.17) is 11.6 Å². The summed E-state index contributed by atoms with van der Waals surface area (Å²) in [5.74, 6) is 0.140. The average molecular weight is 250 g/mol. The number of carbonyl (C=O) groups is 1. The lowest BCUT2D eigenvalue weighted by Crippen LogP contribution is -2.29. The van der Waals surface area contributed by atoms with Crippen LogP contribution in [-0.4, -0.2) is 22.0 Å². The van der Waals surface area contributed by atoms with Gasteiger partial charge in [0.25, 0.3) is 5.91 Å². The first-order valence-corrected chi connectivity index (χ1v) is 5.75. The maximum atomic E-state index is 11.8. The monoisotopic (exact) mass is 249 g/mol. The highest BCUT2D eigenvalue weighted by atomic mass is 35.5. The van der Waals surface area contributed by atoms with Gasteiger partial charge in [0.1, 0.15) is 0 Å². The van der Waals surface area contributed by atoms with E-state index in [1.807, 2.05) is 30.3 Å². The minimum atomic E-state index is -0.194. The van der Waals surface area contributed by atoms with Crippen LogP contribution in [0.2, 0.25) is 0 Å². The fourth-order valence-electron chi connectivity index (χ4n) is 1.51. The molecule has 0 fully saturated rings. The lowest BCUT2D eigenvalue weighted by Gasteiger charge is -2.15. The Bertz CT molecular complexity index is 470. The quantitative estimate of drug-likeness (QED) is 0.816. The second-order valence-electron chi connectivity index (χ2n) is 3.58. The van der Waals surface area contributed by atoms with E-state index in [9.17, 15) is 4.79 Å². The van der Waals surface area contributed by atoms with Crippen molar-refractivity contribution in [3.63, 3.8) is 0 Å². The number of hydrogen-bond acceptors (Lipinski definition) is 2. The number of hydrogen-bond donors (Lipinski definition) is 2. The summed E-state index contributed by atoms with van der Waals surface area (Å²) in [5, 5.41) is 9.18. The van der Waals surface area contributed by atoms with Crippen molar-refractivity contribution < 1.29 is 4.79 Å². The van der Waals surface area contributed by atoms with E-state index in [0.29, 0.717) is 11.4 Å². The fraction of sp³-hybridized carbons (Fsp3) is 0.167. The molecule has 0 saturated carbocycles. The van der Waals surface area contributed by atoms with Crippen molar-refractivity contribution >= 4 is 17.5 Å². The van der Waals surface area contributed by atoms with Crippen LogP contribution >= 0.6 is 11.6 Å². The van der Waals surface area contributed by atoms with Gasteiger partial charge in [-0.15, -0.1) is 11.6 Å². The Hall–Kier alpha value is -1.81. The van der Waals surface area contributed by atoms with E-state index in [1.165, 1.54) is 6.20 Å². The summed E-state index contributed by atoms with van der Waals surface area (Å²) in [6, 6.07) is 9.43. The van der Waals surface area contributed by atoms with E-state index in [0.717, 1.165) is 5.56 Å². The highest BCUT2D eigenvalue weighted by Gasteiger charge is 2.14. The molecular formula is C12H12ClN3O. The molecule has 2 N–H and O–H groups in total. The Labute approximate surface area is 104 Å². The number of H-pyrrole nitrogens is 1. The van der Waals surface area contributed by atoms with Crippen molar-refractivity contribution in [1.29, 1.82) is 0 Å². The van der Waals surface area contributed by atoms with E-state index in [-0.39, 0.29) is 11.9 Å². The third kappa shape index (κ3) is 2.85. The summed E-state index contributed by atoms with van der Waals surface area (Å²) in [5.41, 5.74) is 1.48. The van der Waals surface area contributed by atoms with Crippen molar-refractivity contribution in [1.82, 2.24) is 15.5 Å². The Morgan fingerprint density at radius 1 is 1.41 bits per heavy atom. The van der Waals surface area contributed by atoms with Crippen LogP contribution in [0.1, 0.15) is 22.0 Å². The van der Waals surface area contributed by atoms with Gasteiger partial charge < -0.3 is 5.32 Å². The summed E-state index contributed by atoms with van der Waals surface area (Å²) < 4.78 is 0. The predicted molar refractivity (Wildman–Crippen MR) is 66.0 cm³/mol. The first-order chi connectivity index (χ1) is 8.31. The van der Waals surface area contributed by atoms with Gasteiger partial charge in [0.2, 0.25) is 0 Å². The lowest BCUT2D eigenvalue weighted by molar-refractivity contribution is 0.0940. The number of nitrogens with one attached hydrogen (secondary N) is 2. The second kappa shape index (κ2) is 5.50. The molecule has 0 saturated heterocycles. The summed E-state index contributed by atoms with van der Waals surface area (Å²) in [6.45, 7) is 0. The van der Waals surface area contributed by atoms with Gasteiger partial charge >= 0.3 is 0 Å². The molecule has 88 valence electrons. The predicted octanol–water partition coefficient (Wildman–Crippen LogP) is 2.12. The SMILES string of the molecule is O=C(NC(CCl)c1ccccc1)c1cn[nH]c1. The van der Waals surface area contributed by atoms with Gasteiger partial charge in [0, 0.05) is 12.1 Å². The fourth-order valence-corrected chi connectivity index (χ4v) is 1.77. The van der Waals surface area contributed by atoms with Gasteiger partial charge in [0.15, 0.2) is 0 Å². The van der Waals surface area contributed by atoms with Gasteiger partial charge in [-0.3, -0.25) is 9.89 Å². The van der Waals surface area contributed by atoms with Crippen molar-refractivity contribution in [3.05, 3.63) is 53.9 Å². The molecule has 0 bridgehead atoms. The van der Waals surface area contributed by atoms with Crippen molar-refractivity contribution in [3.8, 4) is 0 Å². The van der Waals surface area contributed by atoms with Crippen LogP contribution in [0.15, 0.2) is 42.7 Å². The summed E-state index contributed by atoms with van der Waals surface area (Å²) in [4.78, 5) is 11.8. The molecular weight excluding hydrogens is 238 g/mol. The zero-order valence-corrected chi connectivity index (χ0v) is 9.82. The zero-order chi connectivity index (χ0) is 12.1. The number of amides is 1.